The lowest BCUT2D eigenvalue weighted by Gasteiger charge is -2.19. The molecule has 4 rings (SSSR count). The number of nitrogens with one attached hydrogen (secondary N) is 2. The average molecular weight is 477 g/mol. The summed E-state index contributed by atoms with van der Waals surface area (Å²) in [5.41, 5.74) is 8.85. The summed E-state index contributed by atoms with van der Waals surface area (Å²) in [6, 6.07) is 16.5. The molecular weight excluding hydrogens is 448 g/mol. The Morgan fingerprint density at radius 2 is 1.74 bits per heavy atom. The summed E-state index contributed by atoms with van der Waals surface area (Å²) >= 11 is 1.23. The van der Waals surface area contributed by atoms with Gasteiger partial charge in [0.15, 0.2) is 16.5 Å². The van der Waals surface area contributed by atoms with E-state index in [0.29, 0.717) is 21.0 Å². The van der Waals surface area contributed by atoms with Crippen molar-refractivity contribution >= 4 is 38.6 Å². The summed E-state index contributed by atoms with van der Waals surface area (Å²) in [6.45, 7) is 8.17. The Balaban J connectivity index is 1.66. The Morgan fingerprint density at radius 3 is 2.35 bits per heavy atom. The van der Waals surface area contributed by atoms with Gasteiger partial charge in [0.1, 0.15) is 4.70 Å². The van der Waals surface area contributed by atoms with Crippen LogP contribution in [0, 0.1) is 6.92 Å². The first-order valence-electron chi connectivity index (χ1n) is 11.0. The van der Waals surface area contributed by atoms with E-state index in [9.17, 15) is 9.59 Å². The number of benzene rings is 2. The summed E-state index contributed by atoms with van der Waals surface area (Å²) in [4.78, 5) is 30.6. The second-order valence-electron chi connectivity index (χ2n) is 9.10. The minimum atomic E-state index is -0.421. The van der Waals surface area contributed by atoms with E-state index < -0.39 is 5.54 Å². The van der Waals surface area contributed by atoms with Crippen LogP contribution in [-0.4, -0.2) is 33.1 Å². The lowest BCUT2D eigenvalue weighted by molar-refractivity contribution is 0.0932. The molecule has 0 spiro atoms. The number of nitrogens with two attached hydrogens (primary N) is 1. The number of thiazole rings is 1. The Hall–Kier alpha value is -3.56. The minimum absolute atomic E-state index is 0.249. The maximum Gasteiger partial charge on any atom is 0.273 e. The van der Waals surface area contributed by atoms with Crippen LogP contribution in [0.5, 0.6) is 0 Å². The molecule has 0 saturated carbocycles. The zero-order valence-electron chi connectivity index (χ0n) is 19.6. The maximum absolute atomic E-state index is 13.3. The van der Waals surface area contributed by atoms with Gasteiger partial charge < -0.3 is 11.1 Å². The number of nitrogens with zero attached hydrogens (tertiary/aromatic N) is 3. The van der Waals surface area contributed by atoms with Crippen molar-refractivity contribution in [2.24, 2.45) is 5.73 Å². The number of carbonyl (C=O) groups excluding carboxylic acids is 2. The Labute approximate surface area is 202 Å². The highest BCUT2D eigenvalue weighted by molar-refractivity contribution is 7.22. The molecule has 0 saturated heterocycles. The van der Waals surface area contributed by atoms with Gasteiger partial charge in [-0.2, -0.15) is 10.1 Å². The Bertz CT molecular complexity index is 1320. The largest absolute Gasteiger partial charge is 0.343 e. The van der Waals surface area contributed by atoms with Crippen LogP contribution >= 0.6 is 11.3 Å². The lowest BCUT2D eigenvalue weighted by Crippen LogP contribution is -2.34. The fourth-order valence-electron chi connectivity index (χ4n) is 3.54. The molecule has 2 aromatic carbocycles. The van der Waals surface area contributed by atoms with Crippen LogP contribution in [0.2, 0.25) is 0 Å². The second-order valence-corrected chi connectivity index (χ2v) is 10.1. The standard InChI is InChI=1S/C25H28N6O2S/c1-15-10-12-17(13-11-15)22(32)29-24-28-21-20(34-24)19(30-31(21)25(2,3)4)23(33)27-18(14-26)16-8-6-5-7-9-16/h5-13,18H,14,26H2,1-4H3,(H,27,33)(H,28,29,32)/t18-/m1/s1. The van der Waals surface area contributed by atoms with Crippen molar-refractivity contribution in [2.75, 3.05) is 11.9 Å². The third-order valence-electron chi connectivity index (χ3n) is 5.35. The summed E-state index contributed by atoms with van der Waals surface area (Å²) in [5.74, 6) is -0.600. The van der Waals surface area contributed by atoms with Crippen molar-refractivity contribution in [3.8, 4) is 0 Å². The molecule has 0 bridgehead atoms. The first kappa shape index (κ1) is 23.6. The Morgan fingerprint density at radius 1 is 1.06 bits per heavy atom. The molecule has 0 aliphatic rings. The molecule has 0 aliphatic carbocycles. The molecule has 34 heavy (non-hydrogen) atoms. The molecule has 0 radical (unpaired) electrons. The van der Waals surface area contributed by atoms with Crippen LogP contribution in [0.25, 0.3) is 10.3 Å². The van der Waals surface area contributed by atoms with Crippen molar-refractivity contribution in [3.05, 3.63) is 77.0 Å². The van der Waals surface area contributed by atoms with Crippen molar-refractivity contribution in [1.82, 2.24) is 20.1 Å². The molecule has 8 nitrogen and oxygen atoms in total. The first-order valence-corrected chi connectivity index (χ1v) is 11.8. The van der Waals surface area contributed by atoms with Crippen LogP contribution in [0.1, 0.15) is 58.8 Å². The molecule has 0 fully saturated rings. The monoisotopic (exact) mass is 476 g/mol. The SMILES string of the molecule is Cc1ccc(C(=O)Nc2nc3c(s2)c(C(=O)N[C@H](CN)c2ccccc2)nn3C(C)(C)C)cc1. The van der Waals surface area contributed by atoms with E-state index in [0.717, 1.165) is 11.1 Å². The van der Waals surface area contributed by atoms with Gasteiger partial charge in [0.25, 0.3) is 11.8 Å². The normalized spacial score (nSPS) is 12.5. The third-order valence-corrected chi connectivity index (χ3v) is 6.32. The van der Waals surface area contributed by atoms with Crippen molar-refractivity contribution in [3.63, 3.8) is 0 Å². The predicted octanol–water partition coefficient (Wildman–Crippen LogP) is 4.24. The Kier molecular flexibility index (Phi) is 6.49. The van der Waals surface area contributed by atoms with Gasteiger partial charge in [-0.1, -0.05) is 59.4 Å². The number of carbonyl (C=O) groups is 2. The highest BCUT2D eigenvalue weighted by Crippen LogP contribution is 2.32. The van der Waals surface area contributed by atoms with Crippen LogP contribution in [-0.2, 0) is 5.54 Å². The van der Waals surface area contributed by atoms with Crippen molar-refractivity contribution < 1.29 is 9.59 Å². The van der Waals surface area contributed by atoms with E-state index in [1.807, 2.05) is 70.2 Å². The van der Waals surface area contributed by atoms with E-state index in [2.05, 4.69) is 20.7 Å². The molecule has 4 aromatic rings. The van der Waals surface area contributed by atoms with Gasteiger partial charge in [0, 0.05) is 12.1 Å². The molecule has 1 atom stereocenters. The zero-order valence-corrected chi connectivity index (χ0v) is 20.4. The van der Waals surface area contributed by atoms with Crippen LogP contribution in [0.3, 0.4) is 0 Å². The smallest absolute Gasteiger partial charge is 0.273 e. The number of anilines is 1. The van der Waals surface area contributed by atoms with E-state index in [-0.39, 0.29) is 30.1 Å². The summed E-state index contributed by atoms with van der Waals surface area (Å²) in [5, 5.41) is 10.8. The van der Waals surface area contributed by atoms with Crippen LogP contribution < -0.4 is 16.4 Å². The van der Waals surface area contributed by atoms with Gasteiger partial charge in [-0.15, -0.1) is 0 Å². The number of hydrogen-bond acceptors (Lipinski definition) is 6. The molecule has 0 aliphatic heterocycles. The number of aryl methyl sites for hydroxylation is 1. The molecule has 2 amide bonds. The zero-order chi connectivity index (χ0) is 24.5. The fraction of sp³-hybridized carbons (Fsp3) is 0.280. The molecule has 176 valence electrons. The highest BCUT2D eigenvalue weighted by atomic mass is 32.1. The van der Waals surface area contributed by atoms with E-state index >= 15 is 0 Å². The first-order chi connectivity index (χ1) is 16.2. The van der Waals surface area contributed by atoms with Gasteiger partial charge in [-0.25, -0.2) is 4.68 Å². The topological polar surface area (TPSA) is 115 Å². The highest BCUT2D eigenvalue weighted by Gasteiger charge is 2.28. The number of amides is 2. The second kappa shape index (κ2) is 9.36. The summed E-state index contributed by atoms with van der Waals surface area (Å²) < 4.78 is 2.32. The number of fused-ring (bicyclic) bond motifs is 1. The molecule has 2 aromatic heterocycles. The van der Waals surface area contributed by atoms with Gasteiger partial charge in [-0.05, 0) is 45.4 Å². The summed E-state index contributed by atoms with van der Waals surface area (Å²) in [7, 11) is 0. The van der Waals surface area contributed by atoms with Crippen molar-refractivity contribution in [2.45, 2.75) is 39.3 Å². The minimum Gasteiger partial charge on any atom is -0.343 e. The molecule has 9 heteroatoms. The molecular formula is C25H28N6O2S. The van der Waals surface area contributed by atoms with Crippen LogP contribution in [0.4, 0.5) is 5.13 Å². The van der Waals surface area contributed by atoms with E-state index in [1.165, 1.54) is 11.3 Å². The van der Waals surface area contributed by atoms with Gasteiger partial charge >= 0.3 is 0 Å². The molecule has 0 unspecified atom stereocenters. The number of aromatic nitrogens is 3. The van der Waals surface area contributed by atoms with Gasteiger partial charge in [0.05, 0.1) is 11.6 Å². The number of hydrogen-bond donors (Lipinski definition) is 3. The maximum atomic E-state index is 13.3. The summed E-state index contributed by atoms with van der Waals surface area (Å²) in [6.07, 6.45) is 0. The van der Waals surface area contributed by atoms with E-state index in [4.69, 9.17) is 5.73 Å². The van der Waals surface area contributed by atoms with E-state index in [1.54, 1.807) is 16.8 Å². The van der Waals surface area contributed by atoms with Gasteiger partial charge in [-0.3, -0.25) is 14.9 Å². The molecule has 4 N–H and O–H groups in total. The molecule has 2 heterocycles. The third kappa shape index (κ3) is 4.85. The number of rotatable bonds is 6. The average Bonchev–Trinajstić information content (AvgIpc) is 3.36. The fourth-order valence-corrected chi connectivity index (χ4v) is 4.46. The lowest BCUT2D eigenvalue weighted by atomic mass is 10.1. The van der Waals surface area contributed by atoms with Gasteiger partial charge in [0.2, 0.25) is 0 Å². The van der Waals surface area contributed by atoms with Crippen LogP contribution in [0.15, 0.2) is 54.6 Å². The van der Waals surface area contributed by atoms with Crippen molar-refractivity contribution in [1.29, 1.82) is 0 Å². The predicted molar refractivity (Wildman–Crippen MR) is 135 cm³/mol. The quantitative estimate of drug-likeness (QED) is 0.385.